The highest BCUT2D eigenvalue weighted by atomic mass is 19.1. The summed E-state index contributed by atoms with van der Waals surface area (Å²) in [6.45, 7) is 5.39. The fourth-order valence-electron chi connectivity index (χ4n) is 3.61. The lowest BCUT2D eigenvalue weighted by molar-refractivity contribution is -0.120. The number of carbonyl (C=O) groups excluding carboxylic acids is 1. The van der Waals surface area contributed by atoms with Gasteiger partial charge in [0.2, 0.25) is 5.91 Å². The van der Waals surface area contributed by atoms with E-state index in [1.807, 2.05) is 32.0 Å². The molecule has 29 heavy (non-hydrogen) atoms. The highest BCUT2D eigenvalue weighted by Gasteiger charge is 2.26. The summed E-state index contributed by atoms with van der Waals surface area (Å²) in [7, 11) is 0. The zero-order valence-corrected chi connectivity index (χ0v) is 16.5. The molecule has 1 aromatic carbocycles. The Hall–Kier alpha value is -3.29. The molecule has 1 fully saturated rings. The number of carbonyl (C=O) groups is 1. The van der Waals surface area contributed by atoms with E-state index in [-0.39, 0.29) is 17.6 Å². The van der Waals surface area contributed by atoms with Gasteiger partial charge in [-0.15, -0.1) is 10.2 Å². The highest BCUT2D eigenvalue weighted by molar-refractivity contribution is 5.92. The second-order valence-electron chi connectivity index (χ2n) is 7.35. The molecule has 8 heteroatoms. The quantitative estimate of drug-likeness (QED) is 0.735. The first-order valence-corrected chi connectivity index (χ1v) is 9.68. The van der Waals surface area contributed by atoms with Crippen LogP contribution >= 0.6 is 0 Å². The van der Waals surface area contributed by atoms with E-state index in [1.165, 1.54) is 12.1 Å². The van der Waals surface area contributed by atoms with Crippen LogP contribution in [0.1, 0.15) is 24.2 Å². The largest absolute Gasteiger partial charge is 0.355 e. The molecule has 0 spiro atoms. The van der Waals surface area contributed by atoms with Crippen LogP contribution in [0.5, 0.6) is 0 Å². The molecule has 0 radical (unpaired) electrons. The maximum atomic E-state index is 13.0. The molecule has 7 nitrogen and oxygen atoms in total. The molecule has 3 aromatic rings. The van der Waals surface area contributed by atoms with Gasteiger partial charge in [0.05, 0.1) is 5.69 Å². The van der Waals surface area contributed by atoms with E-state index in [0.29, 0.717) is 11.5 Å². The molecular weight excluding hydrogens is 371 g/mol. The molecule has 0 aliphatic carbocycles. The average Bonchev–Trinajstić information content (AvgIpc) is 3.08. The molecule has 1 N–H and O–H groups in total. The number of hydrogen-bond acceptors (Lipinski definition) is 5. The van der Waals surface area contributed by atoms with Crippen molar-refractivity contribution in [3.63, 3.8) is 0 Å². The molecule has 2 aromatic heterocycles. The molecule has 0 bridgehead atoms. The lowest BCUT2D eigenvalue weighted by atomic mass is 9.96. The molecule has 1 aliphatic rings. The minimum atomic E-state index is -0.318. The van der Waals surface area contributed by atoms with Crippen LogP contribution in [0.2, 0.25) is 0 Å². The van der Waals surface area contributed by atoms with Crippen molar-refractivity contribution in [1.29, 1.82) is 0 Å². The smallest absolute Gasteiger partial charge is 0.227 e. The summed E-state index contributed by atoms with van der Waals surface area (Å²) in [5.41, 5.74) is 2.57. The third-order valence-corrected chi connectivity index (χ3v) is 5.16. The summed E-state index contributed by atoms with van der Waals surface area (Å²) in [6.07, 6.45) is 1.46. The molecule has 4 rings (SSSR count). The van der Waals surface area contributed by atoms with Crippen molar-refractivity contribution in [2.45, 2.75) is 26.7 Å². The van der Waals surface area contributed by atoms with E-state index in [2.05, 4.69) is 25.5 Å². The Labute approximate surface area is 168 Å². The Bertz CT molecular complexity index is 991. The number of nitrogens with zero attached hydrogens (tertiary/aromatic N) is 5. The fourth-order valence-corrected chi connectivity index (χ4v) is 3.61. The van der Waals surface area contributed by atoms with E-state index < -0.39 is 0 Å². The number of benzene rings is 1. The SMILES string of the molecule is Cc1cc(C)n(-c2ccc(N3CCC(C(=O)Nc4ccc(F)cc4)CC3)nn2)n1. The molecule has 1 amide bonds. The summed E-state index contributed by atoms with van der Waals surface area (Å²) < 4.78 is 14.8. The van der Waals surface area contributed by atoms with Gasteiger partial charge >= 0.3 is 0 Å². The number of halogens is 1. The van der Waals surface area contributed by atoms with Crippen LogP contribution in [0.15, 0.2) is 42.5 Å². The van der Waals surface area contributed by atoms with Crippen LogP contribution in [-0.2, 0) is 4.79 Å². The Balaban J connectivity index is 1.35. The van der Waals surface area contributed by atoms with Gasteiger partial charge in [-0.25, -0.2) is 9.07 Å². The van der Waals surface area contributed by atoms with Gasteiger partial charge in [-0.1, -0.05) is 0 Å². The first kappa shape index (κ1) is 19.0. The van der Waals surface area contributed by atoms with Crippen LogP contribution in [0, 0.1) is 25.6 Å². The van der Waals surface area contributed by atoms with Gasteiger partial charge in [0.15, 0.2) is 11.6 Å². The number of aryl methyl sites for hydroxylation is 2. The van der Waals surface area contributed by atoms with Gasteiger partial charge in [0.25, 0.3) is 0 Å². The number of aromatic nitrogens is 4. The summed E-state index contributed by atoms with van der Waals surface area (Å²) in [4.78, 5) is 14.6. The zero-order chi connectivity index (χ0) is 20.4. The van der Waals surface area contributed by atoms with Crippen molar-refractivity contribution in [3.05, 3.63) is 59.7 Å². The standard InChI is InChI=1S/C21H23FN6O/c1-14-13-15(2)28(26-14)20-8-7-19(24-25-20)27-11-9-16(10-12-27)21(29)23-18-5-3-17(22)4-6-18/h3-8,13,16H,9-12H2,1-2H3,(H,23,29). The van der Waals surface area contributed by atoms with Crippen molar-refractivity contribution in [2.24, 2.45) is 5.92 Å². The number of anilines is 2. The Morgan fingerprint density at radius 2 is 1.69 bits per heavy atom. The third kappa shape index (κ3) is 4.26. The summed E-state index contributed by atoms with van der Waals surface area (Å²) >= 11 is 0. The van der Waals surface area contributed by atoms with Crippen molar-refractivity contribution in [1.82, 2.24) is 20.0 Å². The van der Waals surface area contributed by atoms with Gasteiger partial charge in [-0.2, -0.15) is 5.10 Å². The molecule has 0 unspecified atom stereocenters. The van der Waals surface area contributed by atoms with Crippen LogP contribution in [0.4, 0.5) is 15.9 Å². The topological polar surface area (TPSA) is 75.9 Å². The number of amides is 1. The molecule has 3 heterocycles. The van der Waals surface area contributed by atoms with Crippen LogP contribution in [0.25, 0.3) is 5.82 Å². The predicted molar refractivity (Wildman–Crippen MR) is 109 cm³/mol. The van der Waals surface area contributed by atoms with E-state index in [1.54, 1.807) is 16.8 Å². The maximum Gasteiger partial charge on any atom is 0.227 e. The Morgan fingerprint density at radius 3 is 2.28 bits per heavy atom. The molecule has 0 atom stereocenters. The number of rotatable bonds is 4. The normalized spacial score (nSPS) is 14.8. The second kappa shape index (κ2) is 7.98. The molecular formula is C21H23FN6O. The van der Waals surface area contributed by atoms with Gasteiger partial charge in [0.1, 0.15) is 5.82 Å². The maximum absolute atomic E-state index is 13.0. The van der Waals surface area contributed by atoms with Crippen molar-refractivity contribution < 1.29 is 9.18 Å². The number of piperidine rings is 1. The first-order valence-electron chi connectivity index (χ1n) is 9.68. The molecule has 0 saturated carbocycles. The molecule has 1 aliphatic heterocycles. The van der Waals surface area contributed by atoms with Crippen molar-refractivity contribution in [3.8, 4) is 5.82 Å². The van der Waals surface area contributed by atoms with Crippen LogP contribution in [-0.4, -0.2) is 39.0 Å². The number of hydrogen-bond donors (Lipinski definition) is 1. The Morgan fingerprint density at radius 1 is 1.03 bits per heavy atom. The summed E-state index contributed by atoms with van der Waals surface area (Å²) in [5, 5.41) is 16.0. The zero-order valence-electron chi connectivity index (χ0n) is 16.5. The third-order valence-electron chi connectivity index (χ3n) is 5.16. The highest BCUT2D eigenvalue weighted by Crippen LogP contribution is 2.23. The monoisotopic (exact) mass is 394 g/mol. The van der Waals surface area contributed by atoms with E-state index in [4.69, 9.17) is 0 Å². The molecule has 150 valence electrons. The minimum absolute atomic E-state index is 0.0257. The second-order valence-corrected chi connectivity index (χ2v) is 7.35. The Kier molecular flexibility index (Phi) is 5.24. The van der Waals surface area contributed by atoms with Crippen molar-refractivity contribution in [2.75, 3.05) is 23.3 Å². The van der Waals surface area contributed by atoms with Crippen molar-refractivity contribution >= 4 is 17.4 Å². The fraction of sp³-hybridized carbons (Fsp3) is 0.333. The van der Waals surface area contributed by atoms with Gasteiger partial charge in [0, 0.05) is 30.4 Å². The van der Waals surface area contributed by atoms with Gasteiger partial charge < -0.3 is 10.2 Å². The van der Waals surface area contributed by atoms with Gasteiger partial charge in [-0.3, -0.25) is 4.79 Å². The average molecular weight is 394 g/mol. The van der Waals surface area contributed by atoms with Crippen LogP contribution < -0.4 is 10.2 Å². The van der Waals surface area contributed by atoms with E-state index >= 15 is 0 Å². The predicted octanol–water partition coefficient (Wildman–Crippen LogP) is 3.27. The van der Waals surface area contributed by atoms with Gasteiger partial charge in [-0.05, 0) is 69.2 Å². The minimum Gasteiger partial charge on any atom is -0.355 e. The lowest BCUT2D eigenvalue weighted by Gasteiger charge is -2.31. The first-order chi connectivity index (χ1) is 14.0. The summed E-state index contributed by atoms with van der Waals surface area (Å²) in [6, 6.07) is 11.7. The summed E-state index contributed by atoms with van der Waals surface area (Å²) in [5.74, 6) is 1.07. The molecule has 1 saturated heterocycles. The number of nitrogens with one attached hydrogen (secondary N) is 1. The lowest BCUT2D eigenvalue weighted by Crippen LogP contribution is -2.38. The van der Waals surface area contributed by atoms with Crippen LogP contribution in [0.3, 0.4) is 0 Å². The van der Waals surface area contributed by atoms with E-state index in [0.717, 1.165) is 43.1 Å². The van der Waals surface area contributed by atoms with E-state index in [9.17, 15) is 9.18 Å².